The van der Waals surface area contributed by atoms with Crippen molar-refractivity contribution < 1.29 is 27.8 Å². The lowest BCUT2D eigenvalue weighted by molar-refractivity contribution is -0.275. The second-order valence-corrected chi connectivity index (χ2v) is 3.52. The van der Waals surface area contributed by atoms with E-state index in [1.54, 1.807) is 0 Å². The highest BCUT2D eigenvalue weighted by atomic mass is 19.4. The van der Waals surface area contributed by atoms with Gasteiger partial charge in [-0.3, -0.25) is 4.79 Å². The molecule has 1 atom stereocenters. The lowest BCUT2D eigenvalue weighted by Crippen LogP contribution is -2.21. The number of phenols is 1. The fourth-order valence-electron chi connectivity index (χ4n) is 1.37. The van der Waals surface area contributed by atoms with Crippen molar-refractivity contribution in [2.45, 2.75) is 18.8 Å². The lowest BCUT2D eigenvalue weighted by Gasteiger charge is -2.16. The van der Waals surface area contributed by atoms with Crippen molar-refractivity contribution in [3.05, 3.63) is 23.8 Å². The highest BCUT2D eigenvalue weighted by molar-refractivity contribution is 5.75. The molecule has 1 amide bonds. The monoisotopic (exact) mass is 264 g/mol. The van der Waals surface area contributed by atoms with E-state index in [0.29, 0.717) is 0 Å². The molecule has 0 aliphatic carbocycles. The maximum Gasteiger partial charge on any atom is 0.573 e. The summed E-state index contributed by atoms with van der Waals surface area (Å²) >= 11 is 0. The third-order valence-corrected chi connectivity index (χ3v) is 2.08. The van der Waals surface area contributed by atoms with Gasteiger partial charge in [-0.25, -0.2) is 0 Å². The van der Waals surface area contributed by atoms with E-state index >= 15 is 0 Å². The van der Waals surface area contributed by atoms with Crippen LogP contribution in [0.3, 0.4) is 0 Å². The summed E-state index contributed by atoms with van der Waals surface area (Å²) in [4.78, 5) is 10.7. The van der Waals surface area contributed by atoms with Gasteiger partial charge >= 0.3 is 6.36 Å². The van der Waals surface area contributed by atoms with Crippen LogP contribution in [0.25, 0.3) is 0 Å². The molecule has 0 aromatic heterocycles. The highest BCUT2D eigenvalue weighted by Gasteiger charge is 2.33. The molecule has 1 aromatic carbocycles. The van der Waals surface area contributed by atoms with Gasteiger partial charge in [-0.15, -0.1) is 13.2 Å². The number of hydrogen-bond donors (Lipinski definition) is 3. The van der Waals surface area contributed by atoms with Crippen molar-refractivity contribution in [3.63, 3.8) is 0 Å². The zero-order chi connectivity index (χ0) is 13.9. The van der Waals surface area contributed by atoms with E-state index in [1.165, 1.54) is 12.1 Å². The summed E-state index contributed by atoms with van der Waals surface area (Å²) in [5.74, 6) is -2.27. The van der Waals surface area contributed by atoms with Crippen LogP contribution in [0.1, 0.15) is 18.0 Å². The van der Waals surface area contributed by atoms with Crippen LogP contribution in [0.2, 0.25) is 0 Å². The molecule has 0 spiro atoms. The van der Waals surface area contributed by atoms with Crippen molar-refractivity contribution in [2.24, 2.45) is 11.5 Å². The van der Waals surface area contributed by atoms with Crippen molar-refractivity contribution in [1.29, 1.82) is 0 Å². The van der Waals surface area contributed by atoms with Crippen LogP contribution in [-0.4, -0.2) is 17.4 Å². The van der Waals surface area contributed by atoms with Crippen molar-refractivity contribution in [2.75, 3.05) is 0 Å². The SMILES string of the molecule is NC(=O)CC(N)c1cccc(OC(F)(F)F)c1O. The van der Waals surface area contributed by atoms with Gasteiger partial charge in [0.1, 0.15) is 0 Å². The van der Waals surface area contributed by atoms with Gasteiger partial charge in [-0.2, -0.15) is 0 Å². The predicted octanol–water partition coefficient (Wildman–Crippen LogP) is 1.17. The first kappa shape index (κ1) is 14.1. The van der Waals surface area contributed by atoms with Gasteiger partial charge in [0, 0.05) is 18.0 Å². The van der Waals surface area contributed by atoms with Gasteiger partial charge in [0.05, 0.1) is 0 Å². The first-order valence-corrected chi connectivity index (χ1v) is 4.82. The molecule has 0 aliphatic heterocycles. The van der Waals surface area contributed by atoms with E-state index in [4.69, 9.17) is 11.5 Å². The Bertz CT molecular complexity index is 448. The standard InChI is InChI=1S/C10H11F3N2O3/c11-10(12,13)18-7-3-1-2-5(9(7)17)6(14)4-8(15)16/h1-3,6,17H,4,14H2,(H2,15,16). The highest BCUT2D eigenvalue weighted by Crippen LogP contribution is 2.36. The second-order valence-electron chi connectivity index (χ2n) is 3.52. The summed E-state index contributed by atoms with van der Waals surface area (Å²) in [5, 5.41) is 9.58. The molecule has 0 saturated carbocycles. The summed E-state index contributed by atoms with van der Waals surface area (Å²) in [5.41, 5.74) is 10.4. The number of benzene rings is 1. The maximum absolute atomic E-state index is 12.0. The van der Waals surface area contributed by atoms with E-state index in [2.05, 4.69) is 4.74 Å². The Hall–Kier alpha value is -1.96. The van der Waals surface area contributed by atoms with E-state index < -0.39 is 29.8 Å². The molecule has 100 valence electrons. The van der Waals surface area contributed by atoms with Gasteiger partial charge < -0.3 is 21.3 Å². The molecule has 0 bridgehead atoms. The van der Waals surface area contributed by atoms with Gasteiger partial charge in [-0.1, -0.05) is 12.1 Å². The van der Waals surface area contributed by atoms with Crippen LogP contribution >= 0.6 is 0 Å². The molecular formula is C10H11F3N2O3. The Balaban J connectivity index is 3.01. The number of phenolic OH excluding ortho intramolecular Hbond substituents is 1. The van der Waals surface area contributed by atoms with Gasteiger partial charge in [0.25, 0.3) is 0 Å². The van der Waals surface area contributed by atoms with Crippen LogP contribution in [0.15, 0.2) is 18.2 Å². The number of rotatable bonds is 4. The van der Waals surface area contributed by atoms with Crippen LogP contribution in [0.4, 0.5) is 13.2 Å². The van der Waals surface area contributed by atoms with Crippen molar-refractivity contribution in [1.82, 2.24) is 0 Å². The largest absolute Gasteiger partial charge is 0.573 e. The number of carbonyl (C=O) groups is 1. The minimum atomic E-state index is -4.93. The number of ether oxygens (including phenoxy) is 1. The molecular weight excluding hydrogens is 253 g/mol. The third kappa shape index (κ3) is 3.81. The Morgan fingerprint density at radius 1 is 1.44 bits per heavy atom. The topological polar surface area (TPSA) is 98.6 Å². The Kier molecular flexibility index (Phi) is 4.02. The molecule has 8 heteroatoms. The summed E-state index contributed by atoms with van der Waals surface area (Å²) in [7, 11) is 0. The molecule has 1 aromatic rings. The Labute approximate surface area is 100 Å². The summed E-state index contributed by atoms with van der Waals surface area (Å²) in [6, 6.07) is 2.44. The van der Waals surface area contributed by atoms with Gasteiger partial charge in [-0.05, 0) is 6.07 Å². The number of primary amides is 1. The smallest absolute Gasteiger partial charge is 0.504 e. The predicted molar refractivity (Wildman–Crippen MR) is 55.5 cm³/mol. The first-order valence-electron chi connectivity index (χ1n) is 4.82. The molecule has 5 nitrogen and oxygen atoms in total. The van der Waals surface area contributed by atoms with Crippen LogP contribution in [0.5, 0.6) is 11.5 Å². The molecule has 18 heavy (non-hydrogen) atoms. The van der Waals surface area contributed by atoms with E-state index in [1.807, 2.05) is 0 Å². The average Bonchev–Trinajstić information content (AvgIpc) is 2.18. The fraction of sp³-hybridized carbons (Fsp3) is 0.300. The first-order chi connectivity index (χ1) is 8.20. The molecule has 1 rings (SSSR count). The molecule has 5 N–H and O–H groups in total. The normalized spacial score (nSPS) is 13.1. The molecule has 0 radical (unpaired) electrons. The minimum Gasteiger partial charge on any atom is -0.504 e. The summed E-state index contributed by atoms with van der Waals surface area (Å²) in [6.07, 6.45) is -5.23. The number of hydrogen-bond acceptors (Lipinski definition) is 4. The number of carbonyl (C=O) groups excluding carboxylic acids is 1. The van der Waals surface area contributed by atoms with Crippen LogP contribution in [0, 0.1) is 0 Å². The molecule has 1 unspecified atom stereocenters. The number of nitrogens with two attached hydrogens (primary N) is 2. The number of para-hydroxylation sites is 1. The minimum absolute atomic E-state index is 0.0458. The molecule has 0 fully saturated rings. The van der Waals surface area contributed by atoms with E-state index in [-0.39, 0.29) is 12.0 Å². The Morgan fingerprint density at radius 3 is 2.56 bits per heavy atom. The quantitative estimate of drug-likeness (QED) is 0.760. The van der Waals surface area contributed by atoms with Crippen molar-refractivity contribution in [3.8, 4) is 11.5 Å². The second kappa shape index (κ2) is 5.13. The zero-order valence-electron chi connectivity index (χ0n) is 9.07. The number of alkyl halides is 3. The average molecular weight is 264 g/mol. The zero-order valence-corrected chi connectivity index (χ0v) is 9.07. The molecule has 0 saturated heterocycles. The number of amides is 1. The van der Waals surface area contributed by atoms with E-state index in [9.17, 15) is 23.1 Å². The molecule has 0 heterocycles. The Morgan fingerprint density at radius 2 is 2.06 bits per heavy atom. The van der Waals surface area contributed by atoms with E-state index in [0.717, 1.165) is 6.07 Å². The number of halogens is 3. The van der Waals surface area contributed by atoms with Crippen molar-refractivity contribution >= 4 is 5.91 Å². The van der Waals surface area contributed by atoms with Gasteiger partial charge in [0.15, 0.2) is 11.5 Å². The fourth-order valence-corrected chi connectivity index (χ4v) is 1.37. The van der Waals surface area contributed by atoms with Crippen LogP contribution in [-0.2, 0) is 4.79 Å². The van der Waals surface area contributed by atoms with Gasteiger partial charge in [0.2, 0.25) is 5.91 Å². The van der Waals surface area contributed by atoms with Crippen LogP contribution < -0.4 is 16.2 Å². The molecule has 0 aliphatic rings. The number of aromatic hydroxyl groups is 1. The lowest BCUT2D eigenvalue weighted by atomic mass is 10.0. The third-order valence-electron chi connectivity index (χ3n) is 2.08. The maximum atomic E-state index is 12.0. The summed E-state index contributed by atoms with van der Waals surface area (Å²) in [6.45, 7) is 0. The summed E-state index contributed by atoms with van der Waals surface area (Å²) < 4.78 is 39.7.